The molecule has 2 aliphatic carbocycles. The summed E-state index contributed by atoms with van der Waals surface area (Å²) in [6.07, 6.45) is 10.7. The minimum atomic E-state index is -1.05. The number of hydrogen-bond acceptors (Lipinski definition) is 8. The first-order valence-corrected chi connectivity index (χ1v) is 10.6. The summed E-state index contributed by atoms with van der Waals surface area (Å²) in [5.74, 6) is 0.236. The Morgan fingerprint density at radius 3 is 2.79 bits per heavy atom. The molecule has 0 saturated heterocycles. The largest absolute Gasteiger partial charge is 0.393 e. The Kier molecular flexibility index (Phi) is 5.69. The summed E-state index contributed by atoms with van der Waals surface area (Å²) in [6, 6.07) is 1.56. The highest BCUT2D eigenvalue weighted by Crippen LogP contribution is 2.44. The van der Waals surface area contributed by atoms with E-state index in [2.05, 4.69) is 26.9 Å². The van der Waals surface area contributed by atoms with Gasteiger partial charge in [-0.3, -0.25) is 0 Å². The van der Waals surface area contributed by atoms with Gasteiger partial charge in [-0.25, -0.2) is 19.9 Å². The van der Waals surface area contributed by atoms with Gasteiger partial charge in [0.25, 0.3) is 0 Å². The van der Waals surface area contributed by atoms with Crippen molar-refractivity contribution in [3.8, 4) is 0 Å². The minimum Gasteiger partial charge on any atom is -0.393 e. The van der Waals surface area contributed by atoms with Crippen molar-refractivity contribution in [1.29, 1.82) is 0 Å². The summed E-state index contributed by atoms with van der Waals surface area (Å²) >= 11 is 1.55. The van der Waals surface area contributed by atoms with Gasteiger partial charge in [0.15, 0.2) is 0 Å². The number of hydrogen-bond donors (Lipinski definition) is 3. The molecule has 1 saturated carbocycles. The molecule has 2 heterocycles. The predicted molar refractivity (Wildman–Crippen MR) is 112 cm³/mol. The maximum atomic E-state index is 10.6. The van der Waals surface area contributed by atoms with E-state index in [0.717, 1.165) is 53.3 Å². The second-order valence-electron chi connectivity index (χ2n) is 7.59. The van der Waals surface area contributed by atoms with Crippen LogP contribution >= 0.6 is 11.3 Å². The number of aliphatic imine (C=N–C) groups is 1. The normalized spacial score (nSPS) is 21.2. The van der Waals surface area contributed by atoms with E-state index in [1.54, 1.807) is 17.4 Å². The number of aromatic nitrogens is 3. The molecule has 2 aliphatic rings. The van der Waals surface area contributed by atoms with E-state index < -0.39 is 18.3 Å². The molecule has 7 nitrogen and oxygen atoms in total. The SMILES string of the molecule is CC1=CC(=Nc2nccc(C(O)CO)n2)C=C(c2cnc(C3(O)CCC3)s2)CC1. The third-order valence-corrected chi connectivity index (χ3v) is 6.58. The molecule has 152 valence electrons. The molecule has 0 aromatic carbocycles. The van der Waals surface area contributed by atoms with Crippen molar-refractivity contribution in [2.45, 2.75) is 50.7 Å². The fourth-order valence-corrected chi connectivity index (χ4v) is 4.49. The van der Waals surface area contributed by atoms with Gasteiger partial charge in [-0.05, 0) is 62.8 Å². The monoisotopic (exact) mass is 412 g/mol. The first-order chi connectivity index (χ1) is 14.0. The molecule has 1 unspecified atom stereocenters. The number of aliphatic hydroxyl groups excluding tert-OH is 2. The lowest BCUT2D eigenvalue weighted by Gasteiger charge is -2.34. The first kappa shape index (κ1) is 20.0. The molecule has 0 bridgehead atoms. The van der Waals surface area contributed by atoms with Crippen molar-refractivity contribution in [1.82, 2.24) is 15.0 Å². The van der Waals surface area contributed by atoms with Crippen LogP contribution in [0.5, 0.6) is 0 Å². The lowest BCUT2D eigenvalue weighted by molar-refractivity contribution is -0.0389. The summed E-state index contributed by atoms with van der Waals surface area (Å²) < 4.78 is 0. The Morgan fingerprint density at radius 1 is 1.24 bits per heavy atom. The predicted octanol–water partition coefficient (Wildman–Crippen LogP) is 3.23. The third-order valence-electron chi connectivity index (χ3n) is 5.31. The van der Waals surface area contributed by atoms with Gasteiger partial charge in [0, 0.05) is 12.4 Å². The average Bonchev–Trinajstić information content (AvgIpc) is 3.11. The highest BCUT2D eigenvalue weighted by atomic mass is 32.1. The molecule has 0 amide bonds. The lowest BCUT2D eigenvalue weighted by Crippen LogP contribution is -2.33. The molecule has 0 aliphatic heterocycles. The highest BCUT2D eigenvalue weighted by Gasteiger charge is 2.39. The second kappa shape index (κ2) is 8.23. The van der Waals surface area contributed by atoms with Crippen molar-refractivity contribution in [3.63, 3.8) is 0 Å². The van der Waals surface area contributed by atoms with Gasteiger partial charge in [0.1, 0.15) is 16.7 Å². The first-order valence-electron chi connectivity index (χ1n) is 9.74. The van der Waals surface area contributed by atoms with Crippen LogP contribution < -0.4 is 0 Å². The summed E-state index contributed by atoms with van der Waals surface area (Å²) in [5, 5.41) is 30.3. The van der Waals surface area contributed by atoms with Crippen LogP contribution in [0.1, 0.15) is 60.7 Å². The van der Waals surface area contributed by atoms with Crippen LogP contribution in [-0.4, -0.2) is 42.6 Å². The summed E-state index contributed by atoms with van der Waals surface area (Å²) in [7, 11) is 0. The molecule has 0 radical (unpaired) electrons. The molecule has 1 atom stereocenters. The molecular formula is C21H24N4O3S. The maximum absolute atomic E-state index is 10.6. The van der Waals surface area contributed by atoms with Crippen LogP contribution in [0, 0.1) is 0 Å². The zero-order valence-corrected chi connectivity index (χ0v) is 17.1. The van der Waals surface area contributed by atoms with Gasteiger partial charge in [-0.15, -0.1) is 11.3 Å². The second-order valence-corrected chi connectivity index (χ2v) is 8.62. The van der Waals surface area contributed by atoms with Crippen LogP contribution in [-0.2, 0) is 5.60 Å². The van der Waals surface area contributed by atoms with Gasteiger partial charge < -0.3 is 15.3 Å². The number of rotatable bonds is 5. The quantitative estimate of drug-likeness (QED) is 0.695. The molecule has 1 fully saturated rings. The van der Waals surface area contributed by atoms with E-state index in [1.807, 2.05) is 18.3 Å². The molecular weight excluding hydrogens is 388 g/mol. The van der Waals surface area contributed by atoms with Crippen molar-refractivity contribution in [2.75, 3.05) is 6.61 Å². The minimum absolute atomic E-state index is 0.236. The third kappa shape index (κ3) is 4.35. The van der Waals surface area contributed by atoms with Gasteiger partial charge in [0.05, 0.1) is 22.9 Å². The van der Waals surface area contributed by atoms with E-state index in [1.165, 1.54) is 11.8 Å². The molecule has 8 heteroatoms. The smallest absolute Gasteiger partial charge is 0.250 e. The fraction of sp³-hybridized carbons (Fsp3) is 0.429. The van der Waals surface area contributed by atoms with E-state index in [9.17, 15) is 10.2 Å². The summed E-state index contributed by atoms with van der Waals surface area (Å²) in [4.78, 5) is 18.5. The van der Waals surface area contributed by atoms with Crippen LogP contribution in [0.4, 0.5) is 5.95 Å². The van der Waals surface area contributed by atoms with E-state index >= 15 is 0 Å². The summed E-state index contributed by atoms with van der Waals surface area (Å²) in [5.41, 5.74) is 2.63. The topological polar surface area (TPSA) is 112 Å². The average molecular weight is 413 g/mol. The Bertz CT molecular complexity index is 991. The summed E-state index contributed by atoms with van der Waals surface area (Å²) in [6.45, 7) is 1.66. The van der Waals surface area contributed by atoms with Gasteiger partial charge in [-0.1, -0.05) is 5.57 Å². The standard InChI is InChI=1S/C21H24N4O3S/c1-13-3-4-14(18-11-23-19(29-18)21(28)6-2-7-21)10-15(9-13)24-20-22-8-5-16(25-20)17(27)12-26/h5,8-11,17,26-28H,2-4,6-7,12H2,1H3. The fourth-order valence-electron chi connectivity index (χ4n) is 3.38. The Morgan fingerprint density at radius 2 is 2.07 bits per heavy atom. The zero-order valence-electron chi connectivity index (χ0n) is 16.2. The number of nitrogens with zero attached hydrogens (tertiary/aromatic N) is 4. The van der Waals surface area contributed by atoms with E-state index in [4.69, 9.17) is 5.11 Å². The molecule has 29 heavy (non-hydrogen) atoms. The van der Waals surface area contributed by atoms with Gasteiger partial charge in [0.2, 0.25) is 5.95 Å². The highest BCUT2D eigenvalue weighted by molar-refractivity contribution is 7.12. The van der Waals surface area contributed by atoms with Crippen LogP contribution in [0.2, 0.25) is 0 Å². The Hall–Kier alpha value is -2.26. The van der Waals surface area contributed by atoms with Crippen LogP contribution in [0.15, 0.2) is 41.2 Å². The van der Waals surface area contributed by atoms with Crippen molar-refractivity contribution >= 4 is 28.6 Å². The van der Waals surface area contributed by atoms with Crippen LogP contribution in [0.3, 0.4) is 0 Å². The molecule has 3 N–H and O–H groups in total. The molecule has 4 rings (SSSR count). The van der Waals surface area contributed by atoms with Crippen molar-refractivity contribution in [2.24, 2.45) is 4.99 Å². The maximum Gasteiger partial charge on any atom is 0.250 e. The van der Waals surface area contributed by atoms with E-state index in [-0.39, 0.29) is 5.95 Å². The molecule has 2 aromatic heterocycles. The molecule has 0 spiro atoms. The zero-order chi connectivity index (χ0) is 20.4. The van der Waals surface area contributed by atoms with Crippen LogP contribution in [0.25, 0.3) is 5.57 Å². The Balaban J connectivity index is 1.65. The van der Waals surface area contributed by atoms with Crippen molar-refractivity contribution in [3.05, 3.63) is 51.8 Å². The van der Waals surface area contributed by atoms with Gasteiger partial charge in [-0.2, -0.15) is 0 Å². The number of thiazole rings is 1. The number of aliphatic hydroxyl groups is 3. The lowest BCUT2D eigenvalue weighted by atomic mass is 9.81. The number of allylic oxidation sites excluding steroid dienone is 4. The molecule has 2 aromatic rings. The van der Waals surface area contributed by atoms with Crippen molar-refractivity contribution < 1.29 is 15.3 Å². The Labute approximate surface area is 173 Å². The van der Waals surface area contributed by atoms with Gasteiger partial charge >= 0.3 is 0 Å². The van der Waals surface area contributed by atoms with E-state index in [0.29, 0.717) is 5.69 Å².